The minimum atomic E-state index is -4.95. The first-order chi connectivity index (χ1) is 11.5. The zero-order valence-corrected chi connectivity index (χ0v) is 14.8. The van der Waals surface area contributed by atoms with Gasteiger partial charge in [0.2, 0.25) is 5.91 Å². The Kier molecular flexibility index (Phi) is 6.39. The number of alkyl halides is 6. The Hall–Kier alpha value is -1.77. The molecule has 1 rings (SSSR count). The van der Waals surface area contributed by atoms with Crippen molar-refractivity contribution in [3.05, 3.63) is 34.9 Å². The number of benzene rings is 1. The van der Waals surface area contributed by atoms with Crippen LogP contribution in [-0.2, 0) is 22.7 Å². The number of carbonyl (C=O) groups is 1. The van der Waals surface area contributed by atoms with E-state index in [4.69, 9.17) is 5.73 Å². The standard InChI is InChI=1S/C17H22F6N2O/c1-9(2)5-13(24)14(26)25-15(3,4)10-6-11(16(18,19)20)8-12(7-10)17(21,22)23/h6-9,13H,5,24H2,1-4H3,(H,25,26). The van der Waals surface area contributed by atoms with Crippen molar-refractivity contribution in [1.82, 2.24) is 5.32 Å². The number of nitrogens with two attached hydrogens (primary N) is 1. The molecule has 0 aliphatic rings. The van der Waals surface area contributed by atoms with Gasteiger partial charge in [0.15, 0.2) is 0 Å². The number of rotatable bonds is 5. The van der Waals surface area contributed by atoms with Crippen LogP contribution in [0.4, 0.5) is 26.3 Å². The van der Waals surface area contributed by atoms with Crippen LogP contribution in [0.5, 0.6) is 0 Å². The molecule has 1 amide bonds. The lowest BCUT2D eigenvalue weighted by atomic mass is 9.90. The first-order valence-corrected chi connectivity index (χ1v) is 7.91. The maximum absolute atomic E-state index is 13.0. The van der Waals surface area contributed by atoms with E-state index in [2.05, 4.69) is 5.32 Å². The fourth-order valence-electron chi connectivity index (χ4n) is 2.40. The highest BCUT2D eigenvalue weighted by Crippen LogP contribution is 2.38. The van der Waals surface area contributed by atoms with Crippen molar-refractivity contribution in [2.75, 3.05) is 0 Å². The number of carbonyl (C=O) groups excluding carboxylic acids is 1. The Labute approximate surface area is 147 Å². The molecular formula is C17H22F6N2O. The molecule has 3 N–H and O–H groups in total. The van der Waals surface area contributed by atoms with Crippen molar-refractivity contribution in [3.63, 3.8) is 0 Å². The lowest BCUT2D eigenvalue weighted by Crippen LogP contribution is -2.49. The van der Waals surface area contributed by atoms with E-state index in [1.165, 1.54) is 13.8 Å². The molecule has 148 valence electrons. The molecule has 3 nitrogen and oxygen atoms in total. The molecule has 1 atom stereocenters. The summed E-state index contributed by atoms with van der Waals surface area (Å²) in [5.74, 6) is -0.543. The Bertz CT molecular complexity index is 617. The van der Waals surface area contributed by atoms with Crippen molar-refractivity contribution in [2.45, 2.75) is 58.0 Å². The highest BCUT2D eigenvalue weighted by molar-refractivity contribution is 5.82. The summed E-state index contributed by atoms with van der Waals surface area (Å²) in [6, 6.07) is 0.334. The Morgan fingerprint density at radius 2 is 1.35 bits per heavy atom. The molecule has 0 aliphatic heterocycles. The average Bonchev–Trinajstić information content (AvgIpc) is 2.43. The average molecular weight is 384 g/mol. The first kappa shape index (κ1) is 22.3. The largest absolute Gasteiger partial charge is 0.416 e. The molecule has 0 aromatic heterocycles. The molecule has 26 heavy (non-hydrogen) atoms. The molecule has 0 saturated carbocycles. The summed E-state index contributed by atoms with van der Waals surface area (Å²) in [7, 11) is 0. The quantitative estimate of drug-likeness (QED) is 0.737. The molecule has 0 bridgehead atoms. The summed E-state index contributed by atoms with van der Waals surface area (Å²) in [6.07, 6.45) is -9.58. The SMILES string of the molecule is CC(C)CC(N)C(=O)NC(C)(C)c1cc(C(F)(F)F)cc(C(F)(F)F)c1. The van der Waals surface area contributed by atoms with E-state index in [0.717, 1.165) is 0 Å². The Morgan fingerprint density at radius 3 is 1.69 bits per heavy atom. The molecule has 0 spiro atoms. The van der Waals surface area contributed by atoms with Crippen LogP contribution in [0, 0.1) is 5.92 Å². The van der Waals surface area contributed by atoms with Gasteiger partial charge in [0, 0.05) is 0 Å². The van der Waals surface area contributed by atoms with Crippen molar-refractivity contribution >= 4 is 5.91 Å². The van der Waals surface area contributed by atoms with Crippen molar-refractivity contribution in [1.29, 1.82) is 0 Å². The third-order valence-corrected chi connectivity index (χ3v) is 3.81. The highest BCUT2D eigenvalue weighted by atomic mass is 19.4. The van der Waals surface area contributed by atoms with Gasteiger partial charge in [-0.05, 0) is 49.9 Å². The van der Waals surface area contributed by atoms with Gasteiger partial charge in [0.05, 0.1) is 22.7 Å². The zero-order valence-electron chi connectivity index (χ0n) is 14.8. The van der Waals surface area contributed by atoms with Gasteiger partial charge < -0.3 is 11.1 Å². The molecule has 0 radical (unpaired) electrons. The number of hydrogen-bond donors (Lipinski definition) is 2. The molecule has 9 heteroatoms. The molecule has 0 aliphatic carbocycles. The fourth-order valence-corrected chi connectivity index (χ4v) is 2.40. The molecular weight excluding hydrogens is 362 g/mol. The monoisotopic (exact) mass is 384 g/mol. The minimum Gasteiger partial charge on any atom is -0.346 e. The van der Waals surface area contributed by atoms with Crippen LogP contribution in [0.25, 0.3) is 0 Å². The normalized spacial score (nSPS) is 14.5. The van der Waals surface area contributed by atoms with Crippen LogP contribution in [0.2, 0.25) is 0 Å². The first-order valence-electron chi connectivity index (χ1n) is 7.91. The van der Waals surface area contributed by atoms with Crippen LogP contribution in [0.15, 0.2) is 18.2 Å². The predicted octanol–water partition coefficient (Wildman–Crippen LogP) is 4.45. The summed E-state index contributed by atoms with van der Waals surface area (Å²) in [4.78, 5) is 12.2. The fraction of sp³-hybridized carbons (Fsp3) is 0.588. The van der Waals surface area contributed by atoms with E-state index < -0.39 is 41.0 Å². The van der Waals surface area contributed by atoms with Crippen LogP contribution < -0.4 is 11.1 Å². The summed E-state index contributed by atoms with van der Waals surface area (Å²) in [6.45, 7) is 6.31. The number of hydrogen-bond acceptors (Lipinski definition) is 2. The van der Waals surface area contributed by atoms with Gasteiger partial charge in [-0.15, -0.1) is 0 Å². The summed E-state index contributed by atoms with van der Waals surface area (Å²) >= 11 is 0. The molecule has 0 heterocycles. The predicted molar refractivity (Wildman–Crippen MR) is 85.0 cm³/mol. The third kappa shape index (κ3) is 5.89. The van der Waals surface area contributed by atoms with Gasteiger partial charge in [0.1, 0.15) is 0 Å². The summed E-state index contributed by atoms with van der Waals surface area (Å²) < 4.78 is 77.9. The topological polar surface area (TPSA) is 55.1 Å². The van der Waals surface area contributed by atoms with E-state index >= 15 is 0 Å². The van der Waals surface area contributed by atoms with Gasteiger partial charge in [-0.25, -0.2) is 0 Å². The van der Waals surface area contributed by atoms with Gasteiger partial charge in [-0.1, -0.05) is 13.8 Å². The summed E-state index contributed by atoms with van der Waals surface area (Å²) in [5, 5.41) is 2.44. The second-order valence-electron chi connectivity index (χ2n) is 7.14. The third-order valence-electron chi connectivity index (χ3n) is 3.81. The summed E-state index contributed by atoms with van der Waals surface area (Å²) in [5.41, 5.74) is 1.07. The van der Waals surface area contributed by atoms with Crippen LogP contribution >= 0.6 is 0 Å². The van der Waals surface area contributed by atoms with Crippen molar-refractivity contribution in [3.8, 4) is 0 Å². The molecule has 0 saturated heterocycles. The van der Waals surface area contributed by atoms with Crippen molar-refractivity contribution < 1.29 is 31.1 Å². The van der Waals surface area contributed by atoms with Crippen molar-refractivity contribution in [2.24, 2.45) is 11.7 Å². The molecule has 1 aromatic rings. The lowest BCUT2D eigenvalue weighted by Gasteiger charge is -2.30. The number of nitrogens with one attached hydrogen (secondary N) is 1. The Morgan fingerprint density at radius 1 is 0.962 bits per heavy atom. The van der Waals surface area contributed by atoms with Gasteiger partial charge in [-0.3, -0.25) is 4.79 Å². The minimum absolute atomic E-state index is 0.0475. The van der Waals surface area contributed by atoms with E-state index in [1.54, 1.807) is 0 Å². The van der Waals surface area contributed by atoms with E-state index in [-0.39, 0.29) is 17.5 Å². The number of halogens is 6. The lowest BCUT2D eigenvalue weighted by molar-refractivity contribution is -0.143. The smallest absolute Gasteiger partial charge is 0.346 e. The maximum atomic E-state index is 13.0. The highest BCUT2D eigenvalue weighted by Gasteiger charge is 2.39. The molecule has 0 fully saturated rings. The second-order valence-corrected chi connectivity index (χ2v) is 7.14. The Balaban J connectivity index is 3.28. The van der Waals surface area contributed by atoms with E-state index in [1.807, 2.05) is 13.8 Å². The molecule has 1 aromatic carbocycles. The van der Waals surface area contributed by atoms with Crippen LogP contribution in [-0.4, -0.2) is 11.9 Å². The van der Waals surface area contributed by atoms with E-state index in [0.29, 0.717) is 18.6 Å². The van der Waals surface area contributed by atoms with Crippen LogP contribution in [0.1, 0.15) is 50.8 Å². The van der Waals surface area contributed by atoms with E-state index in [9.17, 15) is 31.1 Å². The van der Waals surface area contributed by atoms with Gasteiger partial charge in [0.25, 0.3) is 0 Å². The maximum Gasteiger partial charge on any atom is 0.416 e. The molecule has 1 unspecified atom stereocenters. The van der Waals surface area contributed by atoms with Crippen LogP contribution in [0.3, 0.4) is 0 Å². The number of amides is 1. The van der Waals surface area contributed by atoms with Gasteiger partial charge >= 0.3 is 12.4 Å². The second kappa shape index (κ2) is 7.46. The zero-order chi connectivity index (χ0) is 20.5. The van der Waals surface area contributed by atoms with Gasteiger partial charge in [-0.2, -0.15) is 26.3 Å².